The van der Waals surface area contributed by atoms with E-state index in [0.717, 1.165) is 16.2 Å². The van der Waals surface area contributed by atoms with Crippen molar-refractivity contribution in [1.29, 1.82) is 0 Å². The molecule has 2 aromatic heterocycles. The van der Waals surface area contributed by atoms with Gasteiger partial charge in [-0.25, -0.2) is 9.37 Å². The highest BCUT2D eigenvalue weighted by molar-refractivity contribution is 7.15. The summed E-state index contributed by atoms with van der Waals surface area (Å²) in [6.07, 6.45) is 4.01. The number of carbonyl (C=O) groups excluding carboxylic acids is 1. The van der Waals surface area contributed by atoms with E-state index in [2.05, 4.69) is 10.3 Å². The van der Waals surface area contributed by atoms with Crippen LogP contribution in [0.15, 0.2) is 36.0 Å². The Kier molecular flexibility index (Phi) is 3.70. The fourth-order valence-electron chi connectivity index (χ4n) is 2.11. The van der Waals surface area contributed by atoms with E-state index in [1.165, 1.54) is 17.4 Å². The number of hydrogen-bond donors (Lipinski definition) is 1. The molecule has 0 spiro atoms. The standard InChI is InChI=1S/C15H14FN3OS/c1-10-6-11(2-3-13(10)16)8-17-14(20)7-12-9-19-4-5-21-15(19)18-12/h2-6,9H,7-8H2,1H3,(H,17,20). The number of fused-ring (bicyclic) bond motifs is 1. The molecule has 0 saturated heterocycles. The van der Waals surface area contributed by atoms with Crippen molar-refractivity contribution in [2.24, 2.45) is 0 Å². The fraction of sp³-hybridized carbons (Fsp3) is 0.200. The summed E-state index contributed by atoms with van der Waals surface area (Å²) in [5.74, 6) is -0.328. The van der Waals surface area contributed by atoms with Gasteiger partial charge in [-0.05, 0) is 24.1 Å². The number of halogens is 1. The first-order chi connectivity index (χ1) is 10.1. The highest BCUT2D eigenvalue weighted by Gasteiger charge is 2.08. The highest BCUT2D eigenvalue weighted by atomic mass is 32.1. The third kappa shape index (κ3) is 3.11. The zero-order valence-corrected chi connectivity index (χ0v) is 12.3. The molecule has 0 fully saturated rings. The minimum atomic E-state index is -0.233. The van der Waals surface area contributed by atoms with Gasteiger partial charge in [0.15, 0.2) is 4.96 Å². The molecule has 21 heavy (non-hydrogen) atoms. The third-order valence-electron chi connectivity index (χ3n) is 3.20. The lowest BCUT2D eigenvalue weighted by molar-refractivity contribution is -0.120. The van der Waals surface area contributed by atoms with Crippen LogP contribution >= 0.6 is 11.3 Å². The average Bonchev–Trinajstić information content (AvgIpc) is 3.01. The second kappa shape index (κ2) is 5.65. The van der Waals surface area contributed by atoms with Crippen LogP contribution < -0.4 is 5.32 Å². The number of benzene rings is 1. The summed E-state index contributed by atoms with van der Waals surface area (Å²) in [6, 6.07) is 4.83. The van der Waals surface area contributed by atoms with Gasteiger partial charge in [-0.1, -0.05) is 12.1 Å². The molecule has 6 heteroatoms. The van der Waals surface area contributed by atoms with Crippen LogP contribution in [-0.4, -0.2) is 15.3 Å². The molecule has 4 nitrogen and oxygen atoms in total. The molecule has 0 aliphatic carbocycles. The van der Waals surface area contributed by atoms with Crippen molar-refractivity contribution in [1.82, 2.24) is 14.7 Å². The predicted octanol–water partition coefficient (Wildman–Crippen LogP) is 2.70. The third-order valence-corrected chi connectivity index (χ3v) is 3.97. The van der Waals surface area contributed by atoms with E-state index in [4.69, 9.17) is 0 Å². The maximum absolute atomic E-state index is 13.2. The Bertz CT molecular complexity index is 765. The number of amides is 1. The van der Waals surface area contributed by atoms with Crippen LogP contribution in [0.25, 0.3) is 4.96 Å². The van der Waals surface area contributed by atoms with Gasteiger partial charge in [0.25, 0.3) is 0 Å². The first-order valence-corrected chi connectivity index (χ1v) is 7.42. The summed E-state index contributed by atoms with van der Waals surface area (Å²) in [5, 5.41) is 4.77. The first-order valence-electron chi connectivity index (χ1n) is 6.54. The van der Waals surface area contributed by atoms with E-state index in [9.17, 15) is 9.18 Å². The molecule has 1 amide bonds. The number of carbonyl (C=O) groups is 1. The fourth-order valence-corrected chi connectivity index (χ4v) is 2.82. The molecule has 0 unspecified atom stereocenters. The zero-order chi connectivity index (χ0) is 14.8. The number of rotatable bonds is 4. The number of aryl methyl sites for hydroxylation is 1. The molecule has 108 valence electrons. The molecule has 0 radical (unpaired) electrons. The Morgan fingerprint density at radius 1 is 1.48 bits per heavy atom. The predicted molar refractivity (Wildman–Crippen MR) is 79.8 cm³/mol. The summed E-state index contributed by atoms with van der Waals surface area (Å²) in [5.41, 5.74) is 2.21. The van der Waals surface area contributed by atoms with E-state index in [-0.39, 0.29) is 18.1 Å². The van der Waals surface area contributed by atoms with Crippen LogP contribution in [0, 0.1) is 12.7 Å². The summed E-state index contributed by atoms with van der Waals surface area (Å²) in [4.78, 5) is 17.2. The largest absolute Gasteiger partial charge is 0.352 e. The van der Waals surface area contributed by atoms with E-state index in [1.807, 2.05) is 22.2 Å². The van der Waals surface area contributed by atoms with Crippen LogP contribution in [0.3, 0.4) is 0 Å². The Morgan fingerprint density at radius 3 is 3.10 bits per heavy atom. The summed E-state index contributed by atoms with van der Waals surface area (Å²) in [6.45, 7) is 2.10. The van der Waals surface area contributed by atoms with Gasteiger partial charge in [0.2, 0.25) is 5.91 Å². The summed E-state index contributed by atoms with van der Waals surface area (Å²) < 4.78 is 15.1. The number of thiazole rings is 1. The topological polar surface area (TPSA) is 46.4 Å². The summed E-state index contributed by atoms with van der Waals surface area (Å²) >= 11 is 1.53. The molecular weight excluding hydrogens is 289 g/mol. The summed E-state index contributed by atoms with van der Waals surface area (Å²) in [7, 11) is 0. The first kappa shape index (κ1) is 13.8. The second-order valence-corrected chi connectivity index (χ2v) is 5.74. The molecule has 1 N–H and O–H groups in total. The lowest BCUT2D eigenvalue weighted by Gasteiger charge is -2.05. The molecule has 3 rings (SSSR count). The molecule has 2 heterocycles. The lowest BCUT2D eigenvalue weighted by Crippen LogP contribution is -2.24. The lowest BCUT2D eigenvalue weighted by atomic mass is 10.1. The van der Waals surface area contributed by atoms with Crippen LogP contribution in [0.4, 0.5) is 4.39 Å². The SMILES string of the molecule is Cc1cc(CNC(=O)Cc2cn3ccsc3n2)ccc1F. The van der Waals surface area contributed by atoms with E-state index >= 15 is 0 Å². The van der Waals surface area contributed by atoms with Crippen molar-refractivity contribution in [3.63, 3.8) is 0 Å². The van der Waals surface area contributed by atoms with Gasteiger partial charge in [0.05, 0.1) is 12.1 Å². The smallest absolute Gasteiger partial charge is 0.226 e. The van der Waals surface area contributed by atoms with Crippen LogP contribution in [0.1, 0.15) is 16.8 Å². The Hall–Kier alpha value is -2.21. The van der Waals surface area contributed by atoms with Gasteiger partial charge in [0, 0.05) is 24.3 Å². The Balaban J connectivity index is 1.58. The minimum Gasteiger partial charge on any atom is -0.352 e. The van der Waals surface area contributed by atoms with E-state index < -0.39 is 0 Å². The number of hydrogen-bond acceptors (Lipinski definition) is 3. The normalized spacial score (nSPS) is 11.0. The zero-order valence-electron chi connectivity index (χ0n) is 11.5. The quantitative estimate of drug-likeness (QED) is 0.805. The van der Waals surface area contributed by atoms with E-state index in [0.29, 0.717) is 12.1 Å². The highest BCUT2D eigenvalue weighted by Crippen LogP contribution is 2.12. The van der Waals surface area contributed by atoms with Gasteiger partial charge in [0.1, 0.15) is 5.82 Å². The maximum atomic E-state index is 13.2. The van der Waals surface area contributed by atoms with Gasteiger partial charge < -0.3 is 5.32 Å². The van der Waals surface area contributed by atoms with E-state index in [1.54, 1.807) is 19.1 Å². The van der Waals surface area contributed by atoms with Gasteiger partial charge in [-0.2, -0.15) is 0 Å². The van der Waals surface area contributed by atoms with Crippen LogP contribution in [0.5, 0.6) is 0 Å². The second-order valence-electron chi connectivity index (χ2n) is 4.86. The van der Waals surface area contributed by atoms with Gasteiger partial charge >= 0.3 is 0 Å². The van der Waals surface area contributed by atoms with Crippen molar-refractivity contribution in [3.05, 3.63) is 58.6 Å². The minimum absolute atomic E-state index is 0.0947. The van der Waals surface area contributed by atoms with Crippen LogP contribution in [-0.2, 0) is 17.8 Å². The molecule has 0 aliphatic rings. The number of imidazole rings is 1. The Morgan fingerprint density at radius 2 is 2.33 bits per heavy atom. The van der Waals surface area contributed by atoms with Crippen molar-refractivity contribution in [3.8, 4) is 0 Å². The van der Waals surface area contributed by atoms with Gasteiger partial charge in [-0.15, -0.1) is 11.3 Å². The van der Waals surface area contributed by atoms with Crippen molar-refractivity contribution in [2.75, 3.05) is 0 Å². The number of nitrogens with zero attached hydrogens (tertiary/aromatic N) is 2. The molecule has 3 aromatic rings. The maximum Gasteiger partial charge on any atom is 0.226 e. The molecule has 0 bridgehead atoms. The molecule has 0 atom stereocenters. The molecular formula is C15H14FN3OS. The van der Waals surface area contributed by atoms with Crippen molar-refractivity contribution in [2.45, 2.75) is 19.9 Å². The molecule has 0 aliphatic heterocycles. The number of nitrogens with one attached hydrogen (secondary N) is 1. The van der Waals surface area contributed by atoms with Gasteiger partial charge in [-0.3, -0.25) is 9.20 Å². The average molecular weight is 303 g/mol. The monoisotopic (exact) mass is 303 g/mol. The van der Waals surface area contributed by atoms with Crippen molar-refractivity contribution >= 4 is 22.2 Å². The van der Waals surface area contributed by atoms with Crippen molar-refractivity contribution < 1.29 is 9.18 Å². The van der Waals surface area contributed by atoms with Crippen LogP contribution in [0.2, 0.25) is 0 Å². The number of aromatic nitrogens is 2. The molecule has 0 saturated carbocycles. The Labute approximate surface area is 125 Å². The molecule has 1 aromatic carbocycles.